The number of rotatable bonds is 4. The molecule has 0 aliphatic rings. The number of nitrogens with zero attached hydrogens (tertiary/aromatic N) is 2. The minimum absolute atomic E-state index is 0.186. The third-order valence-electron chi connectivity index (χ3n) is 3.18. The van der Waals surface area contributed by atoms with Crippen molar-refractivity contribution in [2.45, 2.75) is 46.1 Å². The summed E-state index contributed by atoms with van der Waals surface area (Å²) in [6.45, 7) is 9.94. The zero-order valence-corrected chi connectivity index (χ0v) is 13.2. The van der Waals surface area contributed by atoms with Gasteiger partial charge < -0.3 is 15.6 Å². The number of hydrogen-bond donors (Lipinski definition) is 2. The van der Waals surface area contributed by atoms with Gasteiger partial charge in [0.05, 0.1) is 16.6 Å². The number of pyridine rings is 1. The van der Waals surface area contributed by atoms with Gasteiger partial charge >= 0.3 is 0 Å². The van der Waals surface area contributed by atoms with Crippen LogP contribution in [0.25, 0.3) is 11.1 Å². The van der Waals surface area contributed by atoms with Crippen LogP contribution in [0.2, 0.25) is 0 Å². The molecule has 0 aromatic carbocycles. The van der Waals surface area contributed by atoms with E-state index >= 15 is 0 Å². The van der Waals surface area contributed by atoms with Crippen LogP contribution < -0.4 is 11.1 Å². The van der Waals surface area contributed by atoms with Gasteiger partial charge in [-0.2, -0.15) is 0 Å². The normalized spacial score (nSPS) is 12.1. The van der Waals surface area contributed by atoms with Crippen molar-refractivity contribution in [1.82, 2.24) is 15.5 Å². The molecule has 2 rings (SSSR count). The fourth-order valence-corrected chi connectivity index (χ4v) is 1.99. The van der Waals surface area contributed by atoms with E-state index in [4.69, 9.17) is 10.3 Å². The van der Waals surface area contributed by atoms with Crippen LogP contribution in [0.15, 0.2) is 10.6 Å². The maximum absolute atomic E-state index is 12.5. The summed E-state index contributed by atoms with van der Waals surface area (Å²) in [5, 5.41) is 7.42. The number of fused-ring (bicyclic) bond motifs is 1. The van der Waals surface area contributed by atoms with Crippen molar-refractivity contribution < 1.29 is 9.32 Å². The molecule has 0 saturated carbocycles. The highest BCUT2D eigenvalue weighted by molar-refractivity contribution is 6.06. The largest absolute Gasteiger partial charge is 0.350 e. The van der Waals surface area contributed by atoms with Gasteiger partial charge in [0.1, 0.15) is 0 Å². The zero-order valence-electron chi connectivity index (χ0n) is 13.2. The van der Waals surface area contributed by atoms with E-state index in [2.05, 4.69) is 15.5 Å². The number of nitrogens with one attached hydrogen (secondary N) is 1. The molecule has 0 aliphatic heterocycles. The second-order valence-electron chi connectivity index (χ2n) is 6.37. The molecular formula is C15H22N4O2. The Kier molecular flexibility index (Phi) is 4.00. The Balaban J connectivity index is 2.45. The van der Waals surface area contributed by atoms with E-state index in [0.29, 0.717) is 28.9 Å². The molecular weight excluding hydrogens is 268 g/mol. The molecule has 0 radical (unpaired) electrons. The molecule has 0 bridgehead atoms. The Labute approximate surface area is 124 Å². The molecule has 0 atom stereocenters. The Morgan fingerprint density at radius 1 is 1.48 bits per heavy atom. The lowest BCUT2D eigenvalue weighted by Gasteiger charge is -2.19. The summed E-state index contributed by atoms with van der Waals surface area (Å²) < 4.78 is 5.21. The van der Waals surface area contributed by atoms with E-state index in [1.54, 1.807) is 13.0 Å². The van der Waals surface area contributed by atoms with Crippen molar-refractivity contribution in [3.63, 3.8) is 0 Å². The number of amides is 1. The van der Waals surface area contributed by atoms with Crippen LogP contribution in [0, 0.1) is 6.92 Å². The van der Waals surface area contributed by atoms with Crippen LogP contribution in [-0.2, 0) is 0 Å². The molecule has 0 fully saturated rings. The summed E-state index contributed by atoms with van der Waals surface area (Å²) in [7, 11) is 0. The zero-order chi connectivity index (χ0) is 15.8. The first-order valence-corrected chi connectivity index (χ1v) is 7.03. The fourth-order valence-electron chi connectivity index (χ4n) is 1.99. The summed E-state index contributed by atoms with van der Waals surface area (Å²) in [5.41, 5.74) is 7.83. The van der Waals surface area contributed by atoms with Gasteiger partial charge in [-0.15, -0.1) is 0 Å². The van der Waals surface area contributed by atoms with Gasteiger partial charge in [0.2, 0.25) is 0 Å². The van der Waals surface area contributed by atoms with Gasteiger partial charge in [0, 0.05) is 17.8 Å². The molecule has 0 saturated heterocycles. The van der Waals surface area contributed by atoms with Crippen molar-refractivity contribution in [2.75, 3.05) is 6.54 Å². The van der Waals surface area contributed by atoms with Gasteiger partial charge in [0.15, 0.2) is 0 Å². The summed E-state index contributed by atoms with van der Waals surface area (Å²) >= 11 is 0. The van der Waals surface area contributed by atoms with Crippen LogP contribution in [0.1, 0.15) is 55.4 Å². The maximum atomic E-state index is 12.5. The van der Waals surface area contributed by atoms with E-state index in [1.165, 1.54) is 0 Å². The number of aryl methyl sites for hydroxylation is 1. The van der Waals surface area contributed by atoms with Crippen molar-refractivity contribution in [3.8, 4) is 0 Å². The number of hydrogen-bond acceptors (Lipinski definition) is 5. The number of carbonyl (C=O) groups excluding carboxylic acids is 1. The lowest BCUT2D eigenvalue weighted by molar-refractivity contribution is 0.0947. The summed E-state index contributed by atoms with van der Waals surface area (Å²) in [6.07, 6.45) is 0. The molecule has 0 spiro atoms. The Bertz CT molecular complexity index is 668. The van der Waals surface area contributed by atoms with Crippen LogP contribution in [0.4, 0.5) is 0 Å². The molecule has 0 unspecified atom stereocenters. The molecule has 21 heavy (non-hydrogen) atoms. The summed E-state index contributed by atoms with van der Waals surface area (Å²) in [6, 6.07) is 1.80. The number of aromatic nitrogens is 2. The van der Waals surface area contributed by atoms with Crippen LogP contribution in [-0.4, -0.2) is 28.1 Å². The Hall–Kier alpha value is -1.95. The number of nitrogens with two attached hydrogens (primary N) is 1. The average molecular weight is 290 g/mol. The van der Waals surface area contributed by atoms with Crippen molar-refractivity contribution in [2.24, 2.45) is 5.73 Å². The van der Waals surface area contributed by atoms with Gasteiger partial charge in [0.25, 0.3) is 11.6 Å². The highest BCUT2D eigenvalue weighted by Gasteiger charge is 2.21. The molecule has 3 N–H and O–H groups in total. The smallest absolute Gasteiger partial charge is 0.259 e. The lowest BCUT2D eigenvalue weighted by atomic mass is 10.0. The highest BCUT2D eigenvalue weighted by atomic mass is 16.5. The molecule has 6 heteroatoms. The van der Waals surface area contributed by atoms with Crippen LogP contribution in [0.3, 0.4) is 0 Å². The second kappa shape index (κ2) is 5.44. The van der Waals surface area contributed by atoms with E-state index in [9.17, 15) is 4.79 Å². The van der Waals surface area contributed by atoms with Gasteiger partial charge in [-0.05, 0) is 32.8 Å². The third kappa shape index (κ3) is 3.39. The van der Waals surface area contributed by atoms with E-state index in [-0.39, 0.29) is 11.8 Å². The predicted octanol–water partition coefficient (Wildman–Crippen LogP) is 2.12. The monoisotopic (exact) mass is 290 g/mol. The highest BCUT2D eigenvalue weighted by Crippen LogP contribution is 2.25. The first-order chi connectivity index (χ1) is 9.69. The summed E-state index contributed by atoms with van der Waals surface area (Å²) in [4.78, 5) is 16.9. The van der Waals surface area contributed by atoms with Gasteiger partial charge in [-0.3, -0.25) is 4.79 Å². The third-order valence-corrected chi connectivity index (χ3v) is 3.18. The molecule has 2 heterocycles. The van der Waals surface area contributed by atoms with Crippen molar-refractivity contribution in [3.05, 3.63) is 23.0 Å². The first kappa shape index (κ1) is 15.4. The van der Waals surface area contributed by atoms with Crippen molar-refractivity contribution >= 4 is 17.0 Å². The topological polar surface area (TPSA) is 94.0 Å². The second-order valence-corrected chi connectivity index (χ2v) is 6.37. The molecule has 2 aromatic heterocycles. The fraction of sp³-hybridized carbons (Fsp3) is 0.533. The van der Waals surface area contributed by atoms with Crippen LogP contribution in [0.5, 0.6) is 0 Å². The quantitative estimate of drug-likeness (QED) is 0.899. The molecule has 2 aromatic rings. The van der Waals surface area contributed by atoms with E-state index in [0.717, 1.165) is 5.69 Å². The minimum atomic E-state index is -0.466. The Morgan fingerprint density at radius 2 is 2.14 bits per heavy atom. The van der Waals surface area contributed by atoms with Crippen molar-refractivity contribution in [1.29, 1.82) is 0 Å². The summed E-state index contributed by atoms with van der Waals surface area (Å²) in [5.74, 6) is 0.00595. The SMILES string of the molecule is Cc1noc2nc(C(C)C)cc(C(=O)NCC(C)(C)N)c12. The Morgan fingerprint density at radius 3 is 2.71 bits per heavy atom. The minimum Gasteiger partial charge on any atom is -0.350 e. The molecule has 6 nitrogen and oxygen atoms in total. The predicted molar refractivity (Wildman–Crippen MR) is 81.2 cm³/mol. The molecule has 1 amide bonds. The molecule has 114 valence electrons. The maximum Gasteiger partial charge on any atom is 0.259 e. The standard InChI is InChI=1S/C15H22N4O2/c1-8(2)11-6-10(13(20)17-7-15(4,5)16)12-9(3)19-21-14(12)18-11/h6,8H,7,16H2,1-5H3,(H,17,20). The van der Waals surface area contributed by atoms with Gasteiger partial charge in [-0.25, -0.2) is 4.98 Å². The van der Waals surface area contributed by atoms with E-state index < -0.39 is 5.54 Å². The molecule has 0 aliphatic carbocycles. The first-order valence-electron chi connectivity index (χ1n) is 7.03. The van der Waals surface area contributed by atoms with Gasteiger partial charge in [-0.1, -0.05) is 19.0 Å². The number of carbonyl (C=O) groups is 1. The average Bonchev–Trinajstić information content (AvgIpc) is 2.76. The van der Waals surface area contributed by atoms with E-state index in [1.807, 2.05) is 27.7 Å². The van der Waals surface area contributed by atoms with Crippen LogP contribution >= 0.6 is 0 Å². The lowest BCUT2D eigenvalue weighted by Crippen LogP contribution is -2.45.